The molecule has 0 radical (unpaired) electrons. The number of rotatable bonds is 8. The summed E-state index contributed by atoms with van der Waals surface area (Å²) in [6, 6.07) is 0. The number of hydrogen-bond donors (Lipinski definition) is 2. The van der Waals surface area contributed by atoms with E-state index < -0.39 is 6.10 Å². The van der Waals surface area contributed by atoms with Gasteiger partial charge in [0.05, 0.1) is 24.9 Å². The van der Waals surface area contributed by atoms with Crippen molar-refractivity contribution >= 4 is 11.6 Å². The summed E-state index contributed by atoms with van der Waals surface area (Å²) >= 11 is 5.30. The molecule has 0 aliphatic carbocycles. The first-order valence-corrected chi connectivity index (χ1v) is 4.19. The van der Waals surface area contributed by atoms with E-state index in [1.807, 2.05) is 0 Å². The maximum Gasteiger partial charge on any atom is 0.188 e. The summed E-state index contributed by atoms with van der Waals surface area (Å²) in [7, 11) is 0. The molecule has 0 rings (SSSR count). The zero-order chi connectivity index (χ0) is 9.94. The van der Waals surface area contributed by atoms with Gasteiger partial charge in [0.2, 0.25) is 0 Å². The van der Waals surface area contributed by atoms with Crippen LogP contribution in [0.25, 0.3) is 0 Å². The monoisotopic (exact) mass is 212 g/mol. The van der Waals surface area contributed by atoms with Crippen LogP contribution in [-0.4, -0.2) is 42.4 Å². The fourth-order valence-corrected chi connectivity index (χ4v) is 0.556. The molecule has 0 bridgehead atoms. The zero-order valence-electron chi connectivity index (χ0n) is 7.06. The van der Waals surface area contributed by atoms with Crippen molar-refractivity contribution in [1.29, 1.82) is 0 Å². The van der Waals surface area contributed by atoms with E-state index in [2.05, 4.69) is 4.89 Å². The molecule has 0 aromatic carbocycles. The van der Waals surface area contributed by atoms with E-state index in [0.29, 0.717) is 0 Å². The van der Waals surface area contributed by atoms with Gasteiger partial charge in [-0.2, -0.15) is 0 Å². The van der Waals surface area contributed by atoms with E-state index >= 15 is 0 Å². The minimum Gasteiger partial charge on any atom is -0.475 e. The molecule has 0 aromatic rings. The van der Waals surface area contributed by atoms with Gasteiger partial charge in [-0.05, 0) is 6.08 Å². The molecule has 5 nitrogen and oxygen atoms in total. The van der Waals surface area contributed by atoms with Gasteiger partial charge in [0.1, 0.15) is 6.61 Å². The summed E-state index contributed by atoms with van der Waals surface area (Å²) in [5, 5.41) is 16.8. The number of aliphatic hydroxyl groups excluding tert-OH is 1. The third kappa shape index (κ3) is 9.59. The Balaban J connectivity index is 3.07. The number of aliphatic hydroxyl groups is 1. The highest BCUT2D eigenvalue weighted by Gasteiger charge is 1.99. The fourth-order valence-electron chi connectivity index (χ4n) is 0.466. The number of hydrogen-bond acceptors (Lipinski definition) is 5. The lowest BCUT2D eigenvalue weighted by Crippen LogP contribution is -2.17. The lowest BCUT2D eigenvalue weighted by atomic mass is 10.4. The summed E-state index contributed by atoms with van der Waals surface area (Å²) in [5.41, 5.74) is 0. The van der Waals surface area contributed by atoms with Gasteiger partial charge in [-0.25, -0.2) is 4.89 Å². The first-order chi connectivity index (χ1) is 6.31. The highest BCUT2D eigenvalue weighted by Crippen LogP contribution is 1.89. The smallest absolute Gasteiger partial charge is 0.188 e. The summed E-state index contributed by atoms with van der Waals surface area (Å²) < 4.78 is 9.64. The van der Waals surface area contributed by atoms with Gasteiger partial charge in [0.15, 0.2) is 6.79 Å². The molecule has 0 aromatic heterocycles. The molecular weight excluding hydrogens is 200 g/mol. The summed E-state index contributed by atoms with van der Waals surface area (Å²) in [4.78, 5) is 3.74. The molecule has 0 aliphatic heterocycles. The fraction of sp³-hybridized carbons (Fsp3) is 0.714. The topological polar surface area (TPSA) is 68.2 Å². The van der Waals surface area contributed by atoms with Gasteiger partial charge in [-0.15, -0.1) is 11.6 Å². The standard InChI is InChI=1S/C7H13ClO5/c8-4-7(9)5-12-6-11-2-1-3-13-10/h1-2,7,9-10H,3-6H2. The highest BCUT2D eigenvalue weighted by molar-refractivity contribution is 6.18. The summed E-state index contributed by atoms with van der Waals surface area (Å²) in [6.45, 7) is 0.216. The lowest BCUT2D eigenvalue weighted by Gasteiger charge is -2.06. The minimum absolute atomic E-state index is 0.0237. The van der Waals surface area contributed by atoms with Crippen molar-refractivity contribution in [3.05, 3.63) is 12.3 Å². The van der Waals surface area contributed by atoms with Gasteiger partial charge >= 0.3 is 0 Å². The van der Waals surface area contributed by atoms with Crippen LogP contribution in [-0.2, 0) is 14.4 Å². The molecule has 0 spiro atoms. The van der Waals surface area contributed by atoms with Crippen LogP contribution in [0, 0.1) is 0 Å². The van der Waals surface area contributed by atoms with Gasteiger partial charge in [-0.1, -0.05) is 0 Å². The average Bonchev–Trinajstić information content (AvgIpc) is 2.16. The first-order valence-electron chi connectivity index (χ1n) is 3.66. The lowest BCUT2D eigenvalue weighted by molar-refractivity contribution is -0.232. The van der Waals surface area contributed by atoms with E-state index in [4.69, 9.17) is 31.4 Å². The molecule has 0 fully saturated rings. The van der Waals surface area contributed by atoms with Crippen molar-refractivity contribution in [1.82, 2.24) is 0 Å². The average molecular weight is 213 g/mol. The summed E-state index contributed by atoms with van der Waals surface area (Å²) in [6.07, 6.45) is 2.11. The van der Waals surface area contributed by atoms with Gasteiger partial charge in [0, 0.05) is 0 Å². The van der Waals surface area contributed by atoms with Gasteiger partial charge < -0.3 is 14.6 Å². The molecular formula is C7H13ClO5. The predicted molar refractivity (Wildman–Crippen MR) is 46.4 cm³/mol. The molecule has 2 N–H and O–H groups in total. The molecule has 0 heterocycles. The van der Waals surface area contributed by atoms with Crippen LogP contribution < -0.4 is 0 Å². The van der Waals surface area contributed by atoms with E-state index in [1.165, 1.54) is 12.3 Å². The Morgan fingerprint density at radius 3 is 2.85 bits per heavy atom. The van der Waals surface area contributed by atoms with Gasteiger partial charge in [0.25, 0.3) is 0 Å². The molecule has 13 heavy (non-hydrogen) atoms. The molecule has 0 amide bonds. The largest absolute Gasteiger partial charge is 0.475 e. The van der Waals surface area contributed by atoms with Crippen LogP contribution in [0.15, 0.2) is 12.3 Å². The first kappa shape index (κ1) is 12.7. The third-order valence-electron chi connectivity index (χ3n) is 1.00. The second kappa shape index (κ2) is 9.76. The Kier molecular flexibility index (Phi) is 9.51. The molecule has 1 atom stereocenters. The quantitative estimate of drug-likeness (QED) is 0.154. The molecule has 6 heteroatoms. The second-order valence-corrected chi connectivity index (χ2v) is 2.44. The van der Waals surface area contributed by atoms with Crippen LogP contribution >= 0.6 is 11.6 Å². The van der Waals surface area contributed by atoms with Crippen molar-refractivity contribution < 1.29 is 24.7 Å². The number of ether oxygens (including phenoxy) is 2. The molecule has 1 unspecified atom stereocenters. The number of halogens is 1. The Morgan fingerprint density at radius 1 is 1.46 bits per heavy atom. The van der Waals surface area contributed by atoms with Crippen LogP contribution in [0.2, 0.25) is 0 Å². The zero-order valence-corrected chi connectivity index (χ0v) is 7.81. The van der Waals surface area contributed by atoms with Crippen LogP contribution in [0.5, 0.6) is 0 Å². The van der Waals surface area contributed by atoms with E-state index in [1.54, 1.807) is 0 Å². The van der Waals surface area contributed by atoms with E-state index in [-0.39, 0.29) is 25.9 Å². The van der Waals surface area contributed by atoms with Crippen molar-refractivity contribution in [3.8, 4) is 0 Å². The molecule has 0 saturated carbocycles. The summed E-state index contributed by atoms with van der Waals surface area (Å²) in [5.74, 6) is 0.133. The van der Waals surface area contributed by atoms with Crippen LogP contribution in [0.3, 0.4) is 0 Å². The van der Waals surface area contributed by atoms with E-state index in [0.717, 1.165) is 0 Å². The highest BCUT2D eigenvalue weighted by atomic mass is 35.5. The van der Waals surface area contributed by atoms with Crippen molar-refractivity contribution in [2.24, 2.45) is 0 Å². The SMILES string of the molecule is OOCC=COCOCC(O)CCl. The molecule has 0 saturated heterocycles. The Hall–Kier alpha value is -0.330. The van der Waals surface area contributed by atoms with Crippen LogP contribution in [0.1, 0.15) is 0 Å². The predicted octanol–water partition coefficient (Wildman–Crippen LogP) is 0.580. The Labute approximate surface area is 81.4 Å². The maximum atomic E-state index is 8.92. The number of alkyl halides is 1. The molecule has 0 aliphatic rings. The Bertz CT molecular complexity index is 130. The second-order valence-electron chi connectivity index (χ2n) is 2.13. The minimum atomic E-state index is -0.671. The maximum absolute atomic E-state index is 8.92. The molecule has 78 valence electrons. The van der Waals surface area contributed by atoms with E-state index in [9.17, 15) is 0 Å². The normalized spacial score (nSPS) is 13.5. The third-order valence-corrected chi connectivity index (χ3v) is 1.36. The Morgan fingerprint density at radius 2 is 2.23 bits per heavy atom. The van der Waals surface area contributed by atoms with Crippen molar-refractivity contribution in [2.75, 3.05) is 25.9 Å². The van der Waals surface area contributed by atoms with Gasteiger partial charge in [-0.3, -0.25) is 5.26 Å². The van der Waals surface area contributed by atoms with Crippen molar-refractivity contribution in [3.63, 3.8) is 0 Å². The van der Waals surface area contributed by atoms with Crippen molar-refractivity contribution in [2.45, 2.75) is 6.10 Å². The van der Waals surface area contributed by atoms with Crippen LogP contribution in [0.4, 0.5) is 0 Å².